The second kappa shape index (κ2) is 3.96. The zero-order valence-corrected chi connectivity index (χ0v) is 7.99. The quantitative estimate of drug-likeness (QED) is 0.555. The highest BCUT2D eigenvalue weighted by Gasteiger charge is 2.01. The third-order valence-electron chi connectivity index (χ3n) is 1.69. The molecule has 0 unspecified atom stereocenters. The highest BCUT2D eigenvalue weighted by atomic mass is 32.1. The molecule has 0 amide bonds. The maximum absolute atomic E-state index is 10.00. The fourth-order valence-corrected chi connectivity index (χ4v) is 1.84. The molecule has 0 spiro atoms. The number of aromatic nitrogens is 1. The van der Waals surface area contributed by atoms with Crippen LogP contribution in [-0.2, 0) is 4.79 Å². The molecule has 2 rings (SSSR count). The van der Waals surface area contributed by atoms with E-state index in [4.69, 9.17) is 0 Å². The summed E-state index contributed by atoms with van der Waals surface area (Å²) in [7, 11) is 0. The number of carbonyl (C=O) groups excluding carboxylic acids is 1. The van der Waals surface area contributed by atoms with E-state index >= 15 is 0 Å². The predicted octanol–water partition coefficient (Wildman–Crippen LogP) is 2.78. The molecule has 0 aliphatic rings. The SMILES string of the molecule is O=C=Nc1ncc(-c2ccccc2)s1. The molecule has 1 heterocycles. The first-order valence-corrected chi connectivity index (χ1v) is 4.81. The van der Waals surface area contributed by atoms with Crippen LogP contribution in [0.4, 0.5) is 5.13 Å². The van der Waals surface area contributed by atoms with E-state index in [1.807, 2.05) is 30.3 Å². The Balaban J connectivity index is 2.39. The second-order valence-corrected chi connectivity index (χ2v) is 3.59. The van der Waals surface area contributed by atoms with Gasteiger partial charge in [-0.1, -0.05) is 41.7 Å². The van der Waals surface area contributed by atoms with Crippen molar-refractivity contribution < 1.29 is 4.79 Å². The van der Waals surface area contributed by atoms with Gasteiger partial charge in [-0.15, -0.1) is 4.99 Å². The summed E-state index contributed by atoms with van der Waals surface area (Å²) in [5.41, 5.74) is 1.08. The van der Waals surface area contributed by atoms with Crippen molar-refractivity contribution >= 4 is 22.5 Å². The first-order chi connectivity index (χ1) is 6.90. The molecule has 1 aromatic heterocycles. The van der Waals surface area contributed by atoms with Crippen molar-refractivity contribution in [3.63, 3.8) is 0 Å². The third kappa shape index (κ3) is 1.76. The van der Waals surface area contributed by atoms with Crippen LogP contribution in [0.25, 0.3) is 10.4 Å². The minimum Gasteiger partial charge on any atom is -0.226 e. The van der Waals surface area contributed by atoms with Crippen molar-refractivity contribution in [1.29, 1.82) is 0 Å². The number of aliphatic imine (C=N–C) groups is 1. The van der Waals surface area contributed by atoms with Gasteiger partial charge in [0.1, 0.15) is 0 Å². The van der Waals surface area contributed by atoms with Gasteiger partial charge < -0.3 is 0 Å². The molecular formula is C10H6N2OS. The van der Waals surface area contributed by atoms with Gasteiger partial charge in [-0.05, 0) is 5.56 Å². The number of rotatable bonds is 2. The van der Waals surface area contributed by atoms with Gasteiger partial charge in [-0.25, -0.2) is 9.78 Å². The van der Waals surface area contributed by atoms with E-state index in [0.717, 1.165) is 10.4 Å². The van der Waals surface area contributed by atoms with E-state index in [1.54, 1.807) is 6.20 Å². The van der Waals surface area contributed by atoms with Gasteiger partial charge in [0.05, 0.1) is 4.88 Å². The van der Waals surface area contributed by atoms with Crippen LogP contribution in [0.3, 0.4) is 0 Å². The first kappa shape index (κ1) is 8.81. The van der Waals surface area contributed by atoms with Gasteiger partial charge in [0.15, 0.2) is 0 Å². The largest absolute Gasteiger partial charge is 0.242 e. The van der Waals surface area contributed by atoms with Gasteiger partial charge in [0.25, 0.3) is 0 Å². The van der Waals surface area contributed by atoms with Crippen LogP contribution in [0, 0.1) is 0 Å². The Bertz CT molecular complexity index is 472. The molecular weight excluding hydrogens is 196 g/mol. The second-order valence-electron chi connectivity index (χ2n) is 2.58. The third-order valence-corrected chi connectivity index (χ3v) is 2.63. The molecule has 0 atom stereocenters. The van der Waals surface area contributed by atoms with Crippen LogP contribution in [0.5, 0.6) is 0 Å². The van der Waals surface area contributed by atoms with Crippen LogP contribution in [0.15, 0.2) is 41.5 Å². The van der Waals surface area contributed by atoms with Gasteiger partial charge in [0, 0.05) is 6.20 Å². The number of thiazole rings is 1. The fraction of sp³-hybridized carbons (Fsp3) is 0. The minimum absolute atomic E-state index is 0.443. The zero-order valence-electron chi connectivity index (χ0n) is 7.18. The topological polar surface area (TPSA) is 42.3 Å². The van der Waals surface area contributed by atoms with Crippen molar-refractivity contribution in [2.45, 2.75) is 0 Å². The van der Waals surface area contributed by atoms with Crippen LogP contribution >= 0.6 is 11.3 Å². The Morgan fingerprint density at radius 2 is 2.07 bits per heavy atom. The maximum Gasteiger partial charge on any atom is 0.242 e. The number of nitrogens with zero attached hydrogens (tertiary/aromatic N) is 2. The molecule has 68 valence electrons. The molecule has 0 bridgehead atoms. The molecule has 0 radical (unpaired) electrons. The smallest absolute Gasteiger partial charge is 0.226 e. The number of hydrogen-bond acceptors (Lipinski definition) is 4. The average molecular weight is 202 g/mol. The minimum atomic E-state index is 0.443. The Hall–Kier alpha value is -1.77. The Morgan fingerprint density at radius 1 is 1.29 bits per heavy atom. The van der Waals surface area contributed by atoms with E-state index < -0.39 is 0 Å². The summed E-state index contributed by atoms with van der Waals surface area (Å²) in [6, 6.07) is 9.84. The highest BCUT2D eigenvalue weighted by molar-refractivity contribution is 7.18. The number of hydrogen-bond donors (Lipinski definition) is 0. The van der Waals surface area contributed by atoms with E-state index in [0.29, 0.717) is 5.13 Å². The highest BCUT2D eigenvalue weighted by Crippen LogP contribution is 2.29. The van der Waals surface area contributed by atoms with Crippen LogP contribution in [-0.4, -0.2) is 11.1 Å². The van der Waals surface area contributed by atoms with E-state index in [1.165, 1.54) is 17.4 Å². The number of benzene rings is 1. The maximum atomic E-state index is 10.00. The number of isocyanates is 1. The summed E-state index contributed by atoms with van der Waals surface area (Å²) in [5.74, 6) is 0. The molecule has 1 aromatic carbocycles. The summed E-state index contributed by atoms with van der Waals surface area (Å²) in [6.45, 7) is 0. The summed E-state index contributed by atoms with van der Waals surface area (Å²) in [4.78, 5) is 18.4. The Morgan fingerprint density at radius 3 is 2.79 bits per heavy atom. The van der Waals surface area contributed by atoms with Gasteiger partial charge in [-0.2, -0.15) is 0 Å². The Kier molecular flexibility index (Phi) is 2.49. The van der Waals surface area contributed by atoms with Gasteiger partial charge >= 0.3 is 0 Å². The van der Waals surface area contributed by atoms with Crippen LogP contribution in [0.1, 0.15) is 0 Å². The summed E-state index contributed by atoms with van der Waals surface area (Å²) in [6.07, 6.45) is 3.18. The molecule has 14 heavy (non-hydrogen) atoms. The lowest BCUT2D eigenvalue weighted by molar-refractivity contribution is 0.565. The summed E-state index contributed by atoms with van der Waals surface area (Å²) >= 11 is 1.37. The molecule has 0 saturated carbocycles. The summed E-state index contributed by atoms with van der Waals surface area (Å²) < 4.78 is 0. The molecule has 4 heteroatoms. The van der Waals surface area contributed by atoms with Crippen LogP contribution < -0.4 is 0 Å². The van der Waals surface area contributed by atoms with E-state index in [2.05, 4.69) is 9.98 Å². The Labute approximate surface area is 84.8 Å². The fourth-order valence-electron chi connectivity index (χ4n) is 1.09. The predicted molar refractivity (Wildman–Crippen MR) is 55.3 cm³/mol. The molecule has 2 aromatic rings. The zero-order chi connectivity index (χ0) is 9.80. The average Bonchev–Trinajstić information content (AvgIpc) is 2.68. The lowest BCUT2D eigenvalue weighted by atomic mass is 10.2. The van der Waals surface area contributed by atoms with Gasteiger partial charge in [0.2, 0.25) is 11.2 Å². The molecule has 0 fully saturated rings. The lowest BCUT2D eigenvalue weighted by Gasteiger charge is -1.92. The van der Waals surface area contributed by atoms with Crippen molar-refractivity contribution in [1.82, 2.24) is 4.98 Å². The monoisotopic (exact) mass is 202 g/mol. The van der Waals surface area contributed by atoms with E-state index in [-0.39, 0.29) is 0 Å². The standard InChI is InChI=1S/C10H6N2OS/c13-7-12-10-11-6-9(14-10)8-4-2-1-3-5-8/h1-6H. The molecule has 0 N–H and O–H groups in total. The molecule has 0 aliphatic carbocycles. The van der Waals surface area contributed by atoms with Crippen molar-refractivity contribution in [3.8, 4) is 10.4 Å². The van der Waals surface area contributed by atoms with Crippen LogP contribution in [0.2, 0.25) is 0 Å². The first-order valence-electron chi connectivity index (χ1n) is 3.99. The normalized spacial score (nSPS) is 9.43. The van der Waals surface area contributed by atoms with Crippen molar-refractivity contribution in [2.75, 3.05) is 0 Å². The van der Waals surface area contributed by atoms with Gasteiger partial charge in [-0.3, -0.25) is 0 Å². The summed E-state index contributed by atoms with van der Waals surface area (Å²) in [5, 5.41) is 0.443. The van der Waals surface area contributed by atoms with Crippen molar-refractivity contribution in [2.24, 2.45) is 4.99 Å². The van der Waals surface area contributed by atoms with Crippen molar-refractivity contribution in [3.05, 3.63) is 36.5 Å². The molecule has 0 aliphatic heterocycles. The lowest BCUT2D eigenvalue weighted by Crippen LogP contribution is -1.67. The molecule has 0 saturated heterocycles. The van der Waals surface area contributed by atoms with E-state index in [9.17, 15) is 4.79 Å². The molecule has 3 nitrogen and oxygen atoms in total.